The van der Waals surface area contributed by atoms with Crippen LogP contribution in [0.5, 0.6) is 0 Å². The minimum Gasteiger partial charge on any atom is -0.312 e. The Balaban J connectivity index is 1.18. The van der Waals surface area contributed by atoms with Crippen LogP contribution in [0.2, 0.25) is 0 Å². The molecule has 0 aromatic carbocycles. The van der Waals surface area contributed by atoms with Gasteiger partial charge in [-0.25, -0.2) is 9.67 Å². The Bertz CT molecular complexity index is 1340. The van der Waals surface area contributed by atoms with Crippen molar-refractivity contribution in [1.29, 1.82) is 0 Å². The summed E-state index contributed by atoms with van der Waals surface area (Å²) in [5.74, 6) is 0.867. The van der Waals surface area contributed by atoms with Crippen LogP contribution in [0.25, 0.3) is 27.9 Å². The summed E-state index contributed by atoms with van der Waals surface area (Å²) < 4.78 is 3.88. The molecular formula is C22H23N9. The number of H-pyrrole nitrogens is 1. The molecule has 0 saturated heterocycles. The normalized spacial score (nSPS) is 14.5. The lowest BCUT2D eigenvalue weighted by Crippen LogP contribution is -2.26. The van der Waals surface area contributed by atoms with Gasteiger partial charge < -0.3 is 9.72 Å². The number of aromatic nitrogens is 8. The molecule has 6 rings (SSSR count). The van der Waals surface area contributed by atoms with E-state index >= 15 is 0 Å². The summed E-state index contributed by atoms with van der Waals surface area (Å²) >= 11 is 0. The standard InChI is InChI=1S/C22H23N9/c1-2-15(3-1)8-23-9-16-4-5-21-26-17(12-30(21)11-16)13-31-14-20(28-29-31)22-18-10-25-27-19(18)6-7-24-22/h4-7,10-12,14-15,23H,1-3,8-9,13H2,(H,25,27). The van der Waals surface area contributed by atoms with Gasteiger partial charge in [0.2, 0.25) is 0 Å². The molecule has 9 heteroatoms. The van der Waals surface area contributed by atoms with E-state index in [1.807, 2.05) is 12.3 Å². The maximum absolute atomic E-state index is 4.73. The van der Waals surface area contributed by atoms with Gasteiger partial charge in [-0.1, -0.05) is 17.7 Å². The Kier molecular flexibility index (Phi) is 4.45. The first-order valence-electron chi connectivity index (χ1n) is 10.7. The maximum Gasteiger partial charge on any atom is 0.137 e. The average Bonchev–Trinajstić information content (AvgIpc) is 3.48. The number of rotatable bonds is 7. The van der Waals surface area contributed by atoms with Gasteiger partial charge in [-0.3, -0.25) is 10.1 Å². The monoisotopic (exact) mass is 413 g/mol. The summed E-state index contributed by atoms with van der Waals surface area (Å²) in [5.41, 5.74) is 5.55. The van der Waals surface area contributed by atoms with Crippen LogP contribution in [0.1, 0.15) is 30.5 Å². The second-order valence-corrected chi connectivity index (χ2v) is 8.26. The topological polar surface area (TPSA) is 102 Å². The first-order valence-corrected chi connectivity index (χ1v) is 10.7. The first-order chi connectivity index (χ1) is 15.3. The second kappa shape index (κ2) is 7.59. The highest BCUT2D eigenvalue weighted by molar-refractivity contribution is 5.90. The quantitative estimate of drug-likeness (QED) is 0.425. The summed E-state index contributed by atoms with van der Waals surface area (Å²) in [6.45, 7) is 2.55. The minimum atomic E-state index is 0.547. The van der Waals surface area contributed by atoms with Crippen LogP contribution in [0, 0.1) is 5.92 Å². The van der Waals surface area contributed by atoms with E-state index in [0.29, 0.717) is 6.54 Å². The molecule has 0 aliphatic heterocycles. The van der Waals surface area contributed by atoms with Crippen molar-refractivity contribution in [2.24, 2.45) is 5.92 Å². The first kappa shape index (κ1) is 18.2. The molecule has 0 bridgehead atoms. The SMILES string of the molecule is c1cc2[nH]ncc2c(-c2cn(Cc3cn4cc(CNCC5CCC5)ccc4n3)nn2)n1. The van der Waals surface area contributed by atoms with E-state index in [2.05, 4.69) is 59.7 Å². The van der Waals surface area contributed by atoms with Gasteiger partial charge in [0.1, 0.15) is 17.0 Å². The largest absolute Gasteiger partial charge is 0.312 e. The molecule has 9 nitrogen and oxygen atoms in total. The van der Waals surface area contributed by atoms with Gasteiger partial charge in [0.25, 0.3) is 0 Å². The third-order valence-corrected chi connectivity index (χ3v) is 6.02. The van der Waals surface area contributed by atoms with Crippen molar-refractivity contribution in [3.8, 4) is 11.4 Å². The molecule has 5 aromatic rings. The fourth-order valence-electron chi connectivity index (χ4n) is 4.11. The summed E-state index contributed by atoms with van der Waals surface area (Å²) in [6, 6.07) is 6.11. The number of hydrogen-bond acceptors (Lipinski definition) is 6. The van der Waals surface area contributed by atoms with E-state index in [0.717, 1.165) is 52.6 Å². The van der Waals surface area contributed by atoms with Crippen molar-refractivity contribution >= 4 is 16.6 Å². The molecule has 1 aliphatic carbocycles. The summed E-state index contributed by atoms with van der Waals surface area (Å²) in [6.07, 6.45) is 13.7. The molecular weight excluding hydrogens is 390 g/mol. The van der Waals surface area contributed by atoms with E-state index in [9.17, 15) is 0 Å². The van der Waals surface area contributed by atoms with Crippen LogP contribution in [-0.4, -0.2) is 46.1 Å². The molecule has 0 spiro atoms. The Labute approximate surface area is 178 Å². The van der Waals surface area contributed by atoms with Crippen molar-refractivity contribution in [3.63, 3.8) is 0 Å². The fourth-order valence-corrected chi connectivity index (χ4v) is 4.11. The molecule has 1 fully saturated rings. The molecule has 0 unspecified atom stereocenters. The zero-order chi connectivity index (χ0) is 20.6. The van der Waals surface area contributed by atoms with E-state index < -0.39 is 0 Å². The lowest BCUT2D eigenvalue weighted by atomic mass is 9.85. The van der Waals surface area contributed by atoms with Gasteiger partial charge in [0.05, 0.1) is 30.1 Å². The molecule has 0 radical (unpaired) electrons. The third kappa shape index (κ3) is 3.57. The lowest BCUT2D eigenvalue weighted by molar-refractivity contribution is 0.301. The number of fused-ring (bicyclic) bond motifs is 2. The van der Waals surface area contributed by atoms with Crippen molar-refractivity contribution in [3.05, 3.63) is 60.4 Å². The molecule has 1 saturated carbocycles. The van der Waals surface area contributed by atoms with Crippen LogP contribution in [0.3, 0.4) is 0 Å². The number of nitrogens with one attached hydrogen (secondary N) is 2. The van der Waals surface area contributed by atoms with Crippen molar-refractivity contribution in [2.75, 3.05) is 6.54 Å². The van der Waals surface area contributed by atoms with Crippen LogP contribution >= 0.6 is 0 Å². The molecule has 0 amide bonds. The molecule has 2 N–H and O–H groups in total. The van der Waals surface area contributed by atoms with Gasteiger partial charge in [0, 0.05) is 30.5 Å². The fraction of sp³-hybridized carbons (Fsp3) is 0.318. The summed E-state index contributed by atoms with van der Waals surface area (Å²) in [5, 5.41) is 20.1. The molecule has 5 aromatic heterocycles. The zero-order valence-electron chi connectivity index (χ0n) is 17.1. The Morgan fingerprint density at radius 1 is 1.13 bits per heavy atom. The highest BCUT2D eigenvalue weighted by Crippen LogP contribution is 2.25. The van der Waals surface area contributed by atoms with E-state index in [-0.39, 0.29) is 0 Å². The van der Waals surface area contributed by atoms with E-state index in [1.165, 1.54) is 24.8 Å². The minimum absolute atomic E-state index is 0.547. The summed E-state index contributed by atoms with van der Waals surface area (Å²) in [4.78, 5) is 9.18. The molecule has 31 heavy (non-hydrogen) atoms. The van der Waals surface area contributed by atoms with Crippen LogP contribution in [-0.2, 0) is 13.1 Å². The molecule has 0 atom stereocenters. The second-order valence-electron chi connectivity index (χ2n) is 8.26. The number of nitrogens with zero attached hydrogens (tertiary/aromatic N) is 7. The predicted molar refractivity (Wildman–Crippen MR) is 116 cm³/mol. The van der Waals surface area contributed by atoms with Gasteiger partial charge in [-0.05, 0) is 43.0 Å². The lowest BCUT2D eigenvalue weighted by Gasteiger charge is -2.25. The van der Waals surface area contributed by atoms with Crippen LogP contribution < -0.4 is 5.32 Å². The maximum atomic E-state index is 4.73. The van der Waals surface area contributed by atoms with Gasteiger partial charge in [-0.2, -0.15) is 5.10 Å². The molecule has 1 aliphatic rings. The number of pyridine rings is 2. The van der Waals surface area contributed by atoms with E-state index in [1.54, 1.807) is 17.1 Å². The summed E-state index contributed by atoms with van der Waals surface area (Å²) in [7, 11) is 0. The van der Waals surface area contributed by atoms with Gasteiger partial charge in [0.15, 0.2) is 0 Å². The molecule has 156 valence electrons. The zero-order valence-corrected chi connectivity index (χ0v) is 17.1. The van der Waals surface area contributed by atoms with Crippen LogP contribution in [0.4, 0.5) is 0 Å². The van der Waals surface area contributed by atoms with Crippen LogP contribution in [0.15, 0.2) is 49.2 Å². The van der Waals surface area contributed by atoms with Gasteiger partial charge >= 0.3 is 0 Å². The number of hydrogen-bond donors (Lipinski definition) is 2. The average molecular weight is 413 g/mol. The Hall–Kier alpha value is -3.59. The van der Waals surface area contributed by atoms with Crippen molar-refractivity contribution in [1.82, 2.24) is 44.9 Å². The predicted octanol–water partition coefficient (Wildman–Crippen LogP) is 2.80. The highest BCUT2D eigenvalue weighted by atomic mass is 15.4. The number of imidazole rings is 1. The number of aromatic amines is 1. The smallest absolute Gasteiger partial charge is 0.137 e. The van der Waals surface area contributed by atoms with Gasteiger partial charge in [-0.15, -0.1) is 5.10 Å². The third-order valence-electron chi connectivity index (χ3n) is 6.02. The van der Waals surface area contributed by atoms with Crippen molar-refractivity contribution in [2.45, 2.75) is 32.4 Å². The Morgan fingerprint density at radius 2 is 2.10 bits per heavy atom. The Morgan fingerprint density at radius 3 is 3.00 bits per heavy atom. The molecule has 5 heterocycles. The highest BCUT2D eigenvalue weighted by Gasteiger charge is 2.16. The van der Waals surface area contributed by atoms with E-state index in [4.69, 9.17) is 4.98 Å². The van der Waals surface area contributed by atoms with Crippen molar-refractivity contribution < 1.29 is 0 Å².